The molecule has 1 aliphatic heterocycles. The summed E-state index contributed by atoms with van der Waals surface area (Å²) in [5.41, 5.74) is 0.493. The van der Waals surface area contributed by atoms with Crippen molar-refractivity contribution in [2.24, 2.45) is 0 Å². The molecule has 0 spiro atoms. The molecule has 179 valence electrons. The summed E-state index contributed by atoms with van der Waals surface area (Å²) in [7, 11) is 0. The molecule has 0 N–H and O–H groups in total. The van der Waals surface area contributed by atoms with Crippen LogP contribution in [0.15, 0.2) is 11.6 Å². The predicted molar refractivity (Wildman–Crippen MR) is 86.6 cm³/mol. The van der Waals surface area contributed by atoms with Gasteiger partial charge in [-0.05, 0) is 38.5 Å². The normalized spacial score (nSPS) is 9.73. The molecule has 2 aliphatic rings. The van der Waals surface area contributed by atoms with Crippen LogP contribution in [0.2, 0.25) is 0 Å². The molecule has 0 unspecified atom stereocenters. The predicted octanol–water partition coefficient (Wildman–Crippen LogP) is 1.80. The van der Waals surface area contributed by atoms with Gasteiger partial charge < -0.3 is 9.53 Å². The van der Waals surface area contributed by atoms with Crippen LogP contribution in [0.25, 0.3) is 0 Å². The van der Waals surface area contributed by atoms with Crippen LogP contribution in [-0.4, -0.2) is 12.6 Å². The fourth-order valence-corrected chi connectivity index (χ4v) is 1.02. The summed E-state index contributed by atoms with van der Waals surface area (Å²) in [5, 5.41) is 0. The van der Waals surface area contributed by atoms with Crippen LogP contribution in [0, 0.1) is 92.2 Å². The monoisotopic (exact) mass is 716 g/mol. The van der Waals surface area contributed by atoms with Gasteiger partial charge in [0.25, 0.3) is 0 Å². The Morgan fingerprint density at radius 2 is 0.939 bits per heavy atom. The second-order valence-electron chi connectivity index (χ2n) is 2.97. The van der Waals surface area contributed by atoms with Gasteiger partial charge in [0.05, 0.1) is 6.61 Å². The second kappa shape index (κ2) is 125. The van der Waals surface area contributed by atoms with Gasteiger partial charge in [-0.25, -0.2) is 0 Å². The average molecular weight is 716 g/mol. The number of cyclic esters (lactones) is 1. The molecule has 10 nitrogen and oxygen atoms in total. The van der Waals surface area contributed by atoms with E-state index in [2.05, 4.69) is 72.7 Å². The number of hydrogen-bond acceptors (Lipinski definition) is 2. The van der Waals surface area contributed by atoms with Gasteiger partial charge in [0.2, 0.25) is 5.97 Å². The van der Waals surface area contributed by atoms with Crippen molar-refractivity contribution in [2.75, 3.05) is 6.61 Å². The third kappa shape index (κ3) is 103. The van der Waals surface area contributed by atoms with E-state index in [4.69, 9.17) is 42.0 Å². The average Bonchev–Trinajstić information content (AvgIpc) is 3.49. The first kappa shape index (κ1) is 63.4. The second-order valence-corrected chi connectivity index (χ2v) is 2.97. The van der Waals surface area contributed by atoms with Gasteiger partial charge in [0.15, 0.2) is 0 Å². The van der Waals surface area contributed by atoms with Crippen LogP contribution in [0.3, 0.4) is 0 Å². The van der Waals surface area contributed by atoms with E-state index in [1.54, 1.807) is 0 Å². The van der Waals surface area contributed by atoms with Gasteiger partial charge in [-0.2, -0.15) is 13.0 Å². The van der Waals surface area contributed by atoms with Gasteiger partial charge in [0, 0.05) is 16.8 Å². The van der Waals surface area contributed by atoms with Crippen LogP contribution in [-0.2, 0) is 93.3 Å². The fraction of sp³-hybridized carbons (Fsp3) is 0.150. The van der Waals surface area contributed by atoms with Crippen LogP contribution in [0.4, 0.5) is 0 Å². The van der Waals surface area contributed by atoms with Crippen molar-refractivity contribution in [1.29, 1.82) is 0 Å². The molecular weight excluding hydrogens is 702 g/mol. The first-order chi connectivity index (χ1) is 15.8. The Bertz CT molecular complexity index is 449. The van der Waals surface area contributed by atoms with Gasteiger partial charge in [-0.15, -0.1) is 5.57 Å². The molecule has 13 heteroatoms. The van der Waals surface area contributed by atoms with Crippen molar-refractivity contribution >= 4 is 5.97 Å². The summed E-state index contributed by atoms with van der Waals surface area (Å²) in [6, 6.07) is 0. The molecular formula is C20H14Co2O10W-. The topological polar surface area (TPSA) is 186 Å². The first-order valence-electron chi connectivity index (χ1n) is 6.43. The van der Waals surface area contributed by atoms with Crippen molar-refractivity contribution < 1.29 is 93.3 Å². The zero-order valence-corrected chi connectivity index (χ0v) is 21.5. The maximum atomic E-state index is 10.7. The van der Waals surface area contributed by atoms with Crippen LogP contribution < -0.4 is 0 Å². The zero-order valence-electron chi connectivity index (χ0n) is 16.4. The summed E-state index contributed by atoms with van der Waals surface area (Å²) >= 11 is 4.92. The van der Waals surface area contributed by atoms with Crippen LogP contribution >= 0.6 is 0 Å². The summed E-state index contributed by atoms with van der Waals surface area (Å²) in [5.74, 6) is -0.271. The first-order valence-corrected chi connectivity index (χ1v) is 10.9. The summed E-state index contributed by atoms with van der Waals surface area (Å²) in [4.78, 5) is 10.7. The molecule has 0 amide bonds. The molecule has 6 radical (unpaired) electrons. The van der Waals surface area contributed by atoms with Crippen molar-refractivity contribution in [1.82, 2.24) is 0 Å². The molecule has 1 heterocycles. The van der Waals surface area contributed by atoms with Crippen molar-refractivity contribution in [3.63, 3.8) is 0 Å². The Labute approximate surface area is 221 Å². The minimum atomic E-state index is -0.271. The molecule has 2 rings (SSSR count). The molecule has 0 aromatic heterocycles. The third-order valence-electron chi connectivity index (χ3n) is 1.79. The summed E-state index contributed by atoms with van der Waals surface area (Å²) in [6.07, 6.45) is 13.6. The van der Waals surface area contributed by atoms with E-state index < -0.39 is 0 Å². The Hall–Kier alpha value is -1.30. The molecule has 33 heavy (non-hydrogen) atoms. The Kier molecular flexibility index (Phi) is 241. The van der Waals surface area contributed by atoms with Crippen LogP contribution in [0.1, 0.15) is 12.8 Å². The fourth-order valence-electron chi connectivity index (χ4n) is 1.02. The van der Waals surface area contributed by atoms with E-state index in [1.807, 2.05) is 38.2 Å². The number of hydrogen-bond donors (Lipinski definition) is 0. The van der Waals surface area contributed by atoms with Crippen molar-refractivity contribution in [3.8, 4) is 0 Å². The number of rotatable bonds is 0. The number of carbonyl (C=O) groups is 1. The molecule has 0 saturated heterocycles. The molecule has 1 aliphatic carbocycles. The Morgan fingerprint density at radius 3 is 1.18 bits per heavy atom. The number of esters is 1. The quantitative estimate of drug-likeness (QED) is 0.211. The number of carbonyl (C=O) groups excluding carboxylic acids is 1. The Morgan fingerprint density at radius 1 is 0.697 bits per heavy atom. The maximum absolute atomic E-state index is 10.7. The van der Waals surface area contributed by atoms with E-state index in [9.17, 15) is 4.79 Å². The van der Waals surface area contributed by atoms with E-state index in [1.165, 1.54) is 17.2 Å². The molecule has 0 bridgehead atoms. The van der Waals surface area contributed by atoms with E-state index in [-0.39, 0.29) is 22.7 Å². The zero-order chi connectivity index (χ0) is 28.2. The molecule has 0 aromatic rings. The standard InChI is InChI=1S/C7H9O2.C5H5.8CO.2Co.W/c1-6-4-2-3-5-9-7(6)8;1-2-4-5-3-1;8*1-2;;;/h4H,1-3,5H2;1-5H;;;;;;;;;;;/q-1;;;;;;;;;;;;. The SMILES string of the molecule is [C-]#[O+].[C-]#[O+].[C-]#[O+].[C-]#[O+].[C-]#[O+].[C-]#[O+].[C-]#[O+].[C-]#[O+].[CH2-]C1=CCCCOC1=O.[CH]1[CH][CH][CH][CH]1.[Co].[Co]=[W]. The van der Waals surface area contributed by atoms with Crippen LogP contribution in [0.5, 0.6) is 0 Å². The molecule has 1 saturated carbocycles. The number of ether oxygens (including phenoxy) is 1. The summed E-state index contributed by atoms with van der Waals surface area (Å²) < 4.78 is 64.7. The number of allylic oxidation sites excluding steroid dienone is 1. The van der Waals surface area contributed by atoms with E-state index >= 15 is 0 Å². The minimum absolute atomic E-state index is 0. The van der Waals surface area contributed by atoms with Crippen molar-refractivity contribution in [2.45, 2.75) is 12.8 Å². The third-order valence-corrected chi connectivity index (χ3v) is 1.79. The van der Waals surface area contributed by atoms with Gasteiger partial charge in [-0.3, -0.25) is 0 Å². The molecule has 0 aromatic carbocycles. The van der Waals surface area contributed by atoms with Gasteiger partial charge >= 0.3 is 120 Å². The van der Waals surface area contributed by atoms with Crippen molar-refractivity contribution in [3.05, 3.63) is 104 Å². The summed E-state index contributed by atoms with van der Waals surface area (Å²) in [6.45, 7) is 40.1. The molecule has 0 atom stereocenters. The van der Waals surface area contributed by atoms with Gasteiger partial charge in [0.1, 0.15) is 0 Å². The molecule has 1 fully saturated rings. The van der Waals surface area contributed by atoms with E-state index in [0.717, 1.165) is 12.8 Å². The van der Waals surface area contributed by atoms with E-state index in [0.29, 0.717) is 12.2 Å². The Balaban J connectivity index is -0.0000000243. The van der Waals surface area contributed by atoms with Gasteiger partial charge in [-0.1, -0.05) is 6.42 Å².